The summed E-state index contributed by atoms with van der Waals surface area (Å²) in [7, 11) is -3.90. The maximum atomic E-state index is 15.7. The highest BCUT2D eigenvalue weighted by molar-refractivity contribution is 7.14. The standard InChI is InChI=1S/C50H38F12S4Si2/c1-27-37(41-43(47(55,56)49(59,60)45(41,51)52)39-25-35(65-29(39)3)18-20-67(5,6)7)23-33(63-27)16-14-31-12-11-13-32(22-31)15-17-34-24-38(28(2)64-34)42-44(48(57,58)50(61,62)46(42,53)54)40-26-36(66-30(40)4)19-21-68(8,9)10/h11-13,22-26H,1-10H3. The Hall–Kier alpha value is -4.67. The molecule has 0 saturated heterocycles. The number of hydrogen-bond donors (Lipinski definition) is 0. The van der Waals surface area contributed by atoms with Gasteiger partial charge in [0.25, 0.3) is 0 Å². The summed E-state index contributed by atoms with van der Waals surface area (Å²) in [4.78, 5) is 1.07. The van der Waals surface area contributed by atoms with E-state index in [-0.39, 0.29) is 39.0 Å². The largest absolute Gasteiger partial charge is 0.380 e. The van der Waals surface area contributed by atoms with Gasteiger partial charge in [0.05, 0.1) is 19.5 Å². The van der Waals surface area contributed by atoms with Gasteiger partial charge in [-0.3, -0.25) is 0 Å². The third-order valence-corrected chi connectivity index (χ3v) is 16.3. The zero-order valence-electron chi connectivity index (χ0n) is 37.8. The minimum atomic E-state index is -5.75. The number of alkyl halides is 12. The van der Waals surface area contributed by atoms with Gasteiger partial charge in [0.15, 0.2) is 0 Å². The van der Waals surface area contributed by atoms with Crippen LogP contribution in [0.4, 0.5) is 52.7 Å². The summed E-state index contributed by atoms with van der Waals surface area (Å²) in [6.07, 6.45) is 0. The van der Waals surface area contributed by atoms with E-state index in [2.05, 4.69) is 46.6 Å². The molecule has 0 saturated carbocycles. The summed E-state index contributed by atoms with van der Waals surface area (Å²) in [5.41, 5.74) is -1.04. The first-order chi connectivity index (χ1) is 31.1. The Kier molecular flexibility index (Phi) is 12.8. The number of benzene rings is 1. The molecule has 2 aliphatic rings. The second-order valence-electron chi connectivity index (χ2n) is 18.3. The van der Waals surface area contributed by atoms with Crippen LogP contribution >= 0.6 is 45.3 Å². The van der Waals surface area contributed by atoms with Crippen molar-refractivity contribution in [1.29, 1.82) is 0 Å². The molecule has 0 N–H and O–H groups in total. The predicted molar refractivity (Wildman–Crippen MR) is 258 cm³/mol. The van der Waals surface area contributed by atoms with Gasteiger partial charge in [0, 0.05) is 52.9 Å². The van der Waals surface area contributed by atoms with Crippen molar-refractivity contribution in [2.75, 3.05) is 0 Å². The van der Waals surface area contributed by atoms with Gasteiger partial charge in [0.2, 0.25) is 0 Å². The monoisotopic (exact) mass is 1050 g/mol. The van der Waals surface area contributed by atoms with E-state index < -0.39 is 96.2 Å². The first-order valence-corrected chi connectivity index (χ1v) is 30.8. The maximum Gasteiger partial charge on any atom is 0.380 e. The van der Waals surface area contributed by atoms with Gasteiger partial charge < -0.3 is 0 Å². The van der Waals surface area contributed by atoms with Crippen molar-refractivity contribution in [3.63, 3.8) is 0 Å². The van der Waals surface area contributed by atoms with E-state index in [9.17, 15) is 0 Å². The van der Waals surface area contributed by atoms with Crippen LogP contribution in [0.3, 0.4) is 0 Å². The molecule has 68 heavy (non-hydrogen) atoms. The summed E-state index contributed by atoms with van der Waals surface area (Å²) in [5, 5.41) is 0. The predicted octanol–water partition coefficient (Wildman–Crippen LogP) is 16.1. The lowest BCUT2D eigenvalue weighted by molar-refractivity contribution is -0.254. The molecule has 4 aromatic heterocycles. The molecule has 0 fully saturated rings. The lowest BCUT2D eigenvalue weighted by Gasteiger charge is -2.25. The molecule has 4 heterocycles. The lowest BCUT2D eigenvalue weighted by Crippen LogP contribution is -2.48. The Balaban J connectivity index is 1.23. The Bertz CT molecular complexity index is 3030. The molecule has 0 amide bonds. The van der Waals surface area contributed by atoms with Gasteiger partial charge in [-0.15, -0.1) is 56.4 Å². The zero-order chi connectivity index (χ0) is 50.5. The molecule has 0 aliphatic heterocycles. The van der Waals surface area contributed by atoms with Crippen LogP contribution in [0, 0.1) is 74.3 Å². The van der Waals surface area contributed by atoms with Crippen LogP contribution in [0.1, 0.15) is 72.4 Å². The quantitative estimate of drug-likeness (QED) is 0.0956. The van der Waals surface area contributed by atoms with Crippen LogP contribution in [0.15, 0.2) is 48.5 Å². The Labute approximate surface area is 404 Å². The molecule has 0 bridgehead atoms. The van der Waals surface area contributed by atoms with Crippen LogP contribution in [0.5, 0.6) is 0 Å². The van der Waals surface area contributed by atoms with Gasteiger partial charge in [-0.25, -0.2) is 0 Å². The Morgan fingerprint density at radius 2 is 0.618 bits per heavy atom. The summed E-state index contributed by atoms with van der Waals surface area (Å²) in [6.45, 7) is 17.1. The van der Waals surface area contributed by atoms with E-state index in [0.29, 0.717) is 11.1 Å². The van der Waals surface area contributed by atoms with Crippen molar-refractivity contribution in [3.8, 4) is 46.6 Å². The molecule has 0 atom stereocenters. The molecule has 0 nitrogen and oxygen atoms in total. The van der Waals surface area contributed by atoms with E-state index in [0.717, 1.165) is 69.6 Å². The summed E-state index contributed by atoms with van der Waals surface area (Å²) in [6, 6.07) is 10.6. The number of allylic oxidation sites excluding steroid dienone is 4. The average Bonchev–Trinajstić information content (AvgIpc) is 4.01. The van der Waals surface area contributed by atoms with Gasteiger partial charge in [-0.1, -0.05) is 80.9 Å². The van der Waals surface area contributed by atoms with Crippen LogP contribution in [-0.4, -0.2) is 51.7 Å². The first-order valence-electron chi connectivity index (χ1n) is 20.5. The van der Waals surface area contributed by atoms with Crippen molar-refractivity contribution in [1.82, 2.24) is 0 Å². The Morgan fingerprint density at radius 3 is 0.868 bits per heavy atom. The normalized spacial score (nSPS) is 18.6. The third kappa shape index (κ3) is 8.79. The van der Waals surface area contributed by atoms with Crippen molar-refractivity contribution in [2.45, 2.75) is 103 Å². The molecular weight excluding hydrogens is 1010 g/mol. The molecule has 354 valence electrons. The second-order valence-corrected chi connectivity index (χ2v) is 32.9. The molecule has 0 radical (unpaired) electrons. The van der Waals surface area contributed by atoms with E-state index >= 15 is 52.7 Å². The van der Waals surface area contributed by atoms with Crippen LogP contribution in [0.2, 0.25) is 39.3 Å². The summed E-state index contributed by atoms with van der Waals surface area (Å²) >= 11 is 3.58. The molecule has 1 aromatic carbocycles. The zero-order valence-corrected chi connectivity index (χ0v) is 43.1. The van der Waals surface area contributed by atoms with Crippen LogP contribution in [-0.2, 0) is 0 Å². The highest BCUT2D eigenvalue weighted by atomic mass is 32.1. The fraction of sp³-hybridized carbons (Fsp3) is 0.320. The molecular formula is C50H38F12S4Si2. The molecule has 7 rings (SSSR count). The molecule has 0 unspecified atom stereocenters. The van der Waals surface area contributed by atoms with Crippen LogP contribution < -0.4 is 0 Å². The van der Waals surface area contributed by atoms with Crippen molar-refractivity contribution in [3.05, 3.63) is 121 Å². The SMILES string of the molecule is Cc1sc(C#Cc2cccc(C#Cc3cc(C4=C(c5cc(C#C[Si](C)(C)C)sc5C)C(F)(F)C(F)(F)C4(F)F)c(C)s3)c2)cc1C1=C(c2cc(C#C[Si](C)(C)C)sc2C)C(F)(F)C(F)(F)C1(F)F. The average molecular weight is 1050 g/mol. The smallest absolute Gasteiger partial charge is 0.194 e. The maximum absolute atomic E-state index is 15.7. The van der Waals surface area contributed by atoms with Crippen molar-refractivity contribution >= 4 is 83.8 Å². The number of rotatable bonds is 4. The van der Waals surface area contributed by atoms with Gasteiger partial charge in [-0.2, -0.15) is 52.7 Å². The number of halogens is 12. The molecule has 2 aliphatic carbocycles. The number of aryl methyl sites for hydroxylation is 4. The highest BCUT2D eigenvalue weighted by Crippen LogP contribution is 2.67. The van der Waals surface area contributed by atoms with E-state index in [1.807, 2.05) is 39.3 Å². The number of thiophene rings is 4. The van der Waals surface area contributed by atoms with Gasteiger partial charge in [-0.05, 0) is 92.4 Å². The fourth-order valence-corrected chi connectivity index (χ4v) is 12.2. The van der Waals surface area contributed by atoms with Crippen molar-refractivity contribution in [2.24, 2.45) is 0 Å². The van der Waals surface area contributed by atoms with E-state index in [1.165, 1.54) is 33.8 Å². The summed E-state index contributed by atoms with van der Waals surface area (Å²) < 4.78 is 186. The summed E-state index contributed by atoms with van der Waals surface area (Å²) in [5.74, 6) is -15.5. The Morgan fingerprint density at radius 1 is 0.368 bits per heavy atom. The topological polar surface area (TPSA) is 0 Å². The first kappa shape index (κ1) is 51.2. The van der Waals surface area contributed by atoms with E-state index in [4.69, 9.17) is 0 Å². The van der Waals surface area contributed by atoms with Crippen molar-refractivity contribution < 1.29 is 52.7 Å². The number of hydrogen-bond acceptors (Lipinski definition) is 4. The molecule has 5 aromatic rings. The minimum absolute atomic E-state index is 0.0412. The third-order valence-electron chi connectivity index (χ3n) is 10.7. The fourth-order valence-electron chi connectivity index (χ4n) is 7.47. The lowest BCUT2D eigenvalue weighted by atomic mass is 9.95. The second kappa shape index (κ2) is 17.0. The van der Waals surface area contributed by atoms with Gasteiger partial charge >= 0.3 is 35.5 Å². The van der Waals surface area contributed by atoms with E-state index in [1.54, 1.807) is 18.2 Å². The van der Waals surface area contributed by atoms with Crippen LogP contribution in [0.25, 0.3) is 22.3 Å². The molecule has 0 spiro atoms. The highest BCUT2D eigenvalue weighted by Gasteiger charge is 2.81. The molecule has 18 heteroatoms. The van der Waals surface area contributed by atoms with Gasteiger partial charge in [0.1, 0.15) is 16.1 Å². The minimum Gasteiger partial charge on any atom is -0.194 e.